The van der Waals surface area contributed by atoms with Crippen molar-refractivity contribution in [3.8, 4) is 0 Å². The highest BCUT2D eigenvalue weighted by Crippen LogP contribution is 2.04. The molecule has 1 fully saturated rings. The summed E-state index contributed by atoms with van der Waals surface area (Å²) in [5.74, 6) is 0.220. The lowest BCUT2D eigenvalue weighted by Crippen LogP contribution is -2.44. The largest absolute Gasteiger partial charge is 0.305 e. The fourth-order valence-electron chi connectivity index (χ4n) is 1.39. The zero-order chi connectivity index (χ0) is 8.97. The van der Waals surface area contributed by atoms with Gasteiger partial charge in [0.1, 0.15) is 5.78 Å². The molecular weight excluding hydrogens is 152 g/mol. The number of Topliss-reactive ketones (excluding diaryl/α,β-unsaturated/α-hetero) is 1. The minimum absolute atomic E-state index is 0.00750. The second-order valence-electron chi connectivity index (χ2n) is 3.44. The second-order valence-corrected chi connectivity index (χ2v) is 3.44. The average molecular weight is 169 g/mol. The van der Waals surface area contributed by atoms with Crippen LogP contribution in [0.15, 0.2) is 0 Å². The van der Waals surface area contributed by atoms with E-state index in [4.69, 9.17) is 0 Å². The van der Waals surface area contributed by atoms with Crippen molar-refractivity contribution in [2.75, 3.05) is 13.1 Å². The molecule has 0 amide bonds. The molecule has 0 aromatic heterocycles. The van der Waals surface area contributed by atoms with Crippen LogP contribution in [0.3, 0.4) is 0 Å². The van der Waals surface area contributed by atoms with Crippen molar-refractivity contribution >= 4 is 5.78 Å². The van der Waals surface area contributed by atoms with Crippen molar-refractivity contribution in [3.63, 3.8) is 0 Å². The smallest absolute Gasteiger partial charge is 0.146 e. The van der Waals surface area contributed by atoms with Crippen LogP contribution in [0.25, 0.3) is 0 Å². The first-order chi connectivity index (χ1) is 5.70. The zero-order valence-corrected chi connectivity index (χ0v) is 7.84. The Bertz CT molecular complexity index is 153. The van der Waals surface area contributed by atoms with Crippen LogP contribution in [0.4, 0.5) is 0 Å². The number of piperidine rings is 1. The highest BCUT2D eigenvalue weighted by Gasteiger charge is 2.17. The van der Waals surface area contributed by atoms with Crippen LogP contribution in [0.5, 0.6) is 0 Å². The van der Waals surface area contributed by atoms with Crippen molar-refractivity contribution in [1.29, 1.82) is 0 Å². The van der Waals surface area contributed by atoms with Crippen LogP contribution >= 0.6 is 0 Å². The number of hydrogen-bond acceptors (Lipinski definition) is 2. The second kappa shape index (κ2) is 4.58. The van der Waals surface area contributed by atoms with Crippen LogP contribution in [0, 0.1) is 0 Å². The van der Waals surface area contributed by atoms with Crippen molar-refractivity contribution in [1.82, 2.24) is 10.6 Å². The normalized spacial score (nSPS) is 22.2. The van der Waals surface area contributed by atoms with Gasteiger partial charge in [-0.2, -0.15) is 0 Å². The standard InChI is InChI=1S/C9H17N2O/c1-7(8(2)12)11-9-3-5-10-6-4-9/h7,9,11H,3-6H2,1-2H3. The fourth-order valence-corrected chi connectivity index (χ4v) is 1.39. The number of carbonyl (C=O) groups is 1. The van der Waals surface area contributed by atoms with Gasteiger partial charge in [-0.15, -0.1) is 0 Å². The lowest BCUT2D eigenvalue weighted by molar-refractivity contribution is -0.118. The highest BCUT2D eigenvalue weighted by molar-refractivity contribution is 5.80. The third-order valence-corrected chi connectivity index (χ3v) is 2.37. The van der Waals surface area contributed by atoms with E-state index in [1.165, 1.54) is 0 Å². The average Bonchev–Trinajstić information content (AvgIpc) is 2.06. The van der Waals surface area contributed by atoms with E-state index in [-0.39, 0.29) is 11.8 Å². The lowest BCUT2D eigenvalue weighted by atomic mass is 10.1. The summed E-state index contributed by atoms with van der Waals surface area (Å²) in [7, 11) is 0. The molecular formula is C9H17N2O. The minimum Gasteiger partial charge on any atom is -0.305 e. The molecule has 12 heavy (non-hydrogen) atoms. The molecule has 0 saturated carbocycles. The van der Waals surface area contributed by atoms with E-state index in [0.717, 1.165) is 25.9 Å². The summed E-state index contributed by atoms with van der Waals surface area (Å²) >= 11 is 0. The number of ketones is 1. The number of carbonyl (C=O) groups excluding carboxylic acids is 1. The van der Waals surface area contributed by atoms with Gasteiger partial charge in [-0.05, 0) is 26.7 Å². The molecule has 1 atom stereocenters. The molecule has 0 spiro atoms. The van der Waals surface area contributed by atoms with Crippen molar-refractivity contribution in [2.24, 2.45) is 0 Å². The predicted molar refractivity (Wildman–Crippen MR) is 48.2 cm³/mol. The Hall–Kier alpha value is -0.410. The van der Waals surface area contributed by atoms with E-state index in [9.17, 15) is 4.79 Å². The van der Waals surface area contributed by atoms with E-state index < -0.39 is 0 Å². The molecule has 1 radical (unpaired) electrons. The first kappa shape index (κ1) is 9.68. The maximum absolute atomic E-state index is 10.9. The predicted octanol–water partition coefficient (Wildman–Crippen LogP) is 0.320. The van der Waals surface area contributed by atoms with Gasteiger partial charge in [-0.3, -0.25) is 4.79 Å². The summed E-state index contributed by atoms with van der Waals surface area (Å²) in [5, 5.41) is 7.56. The molecule has 1 aliphatic heterocycles. The Morgan fingerprint density at radius 3 is 2.58 bits per heavy atom. The Balaban J connectivity index is 2.24. The molecule has 1 saturated heterocycles. The topological polar surface area (TPSA) is 43.2 Å². The summed E-state index contributed by atoms with van der Waals surface area (Å²) in [6, 6.07) is 0.509. The molecule has 1 aliphatic rings. The van der Waals surface area contributed by atoms with Gasteiger partial charge in [-0.25, -0.2) is 5.32 Å². The summed E-state index contributed by atoms with van der Waals surface area (Å²) in [4.78, 5) is 10.9. The Kier molecular flexibility index (Phi) is 3.69. The third-order valence-electron chi connectivity index (χ3n) is 2.37. The monoisotopic (exact) mass is 169 g/mol. The number of nitrogens with one attached hydrogen (secondary N) is 1. The first-order valence-electron chi connectivity index (χ1n) is 4.60. The van der Waals surface area contributed by atoms with E-state index in [2.05, 4.69) is 10.6 Å². The quantitative estimate of drug-likeness (QED) is 0.661. The molecule has 0 aromatic rings. The summed E-state index contributed by atoms with van der Waals surface area (Å²) in [6.07, 6.45) is 2.16. The number of nitrogens with zero attached hydrogens (tertiary/aromatic N) is 1. The summed E-state index contributed by atoms with van der Waals surface area (Å²) in [6.45, 7) is 5.45. The Morgan fingerprint density at radius 1 is 1.50 bits per heavy atom. The Labute approximate surface area is 73.9 Å². The fraction of sp³-hybridized carbons (Fsp3) is 0.889. The molecule has 69 valence electrons. The Morgan fingerprint density at radius 2 is 2.08 bits per heavy atom. The molecule has 0 aliphatic carbocycles. The molecule has 3 heteroatoms. The van der Waals surface area contributed by atoms with Gasteiger partial charge in [0.05, 0.1) is 6.04 Å². The maximum atomic E-state index is 10.9. The molecule has 1 heterocycles. The lowest BCUT2D eigenvalue weighted by Gasteiger charge is -2.25. The molecule has 3 nitrogen and oxygen atoms in total. The maximum Gasteiger partial charge on any atom is 0.146 e. The van der Waals surface area contributed by atoms with Crippen LogP contribution in [0.1, 0.15) is 26.7 Å². The van der Waals surface area contributed by atoms with E-state index >= 15 is 0 Å². The molecule has 0 aromatic carbocycles. The van der Waals surface area contributed by atoms with Gasteiger partial charge in [0.2, 0.25) is 0 Å². The van der Waals surface area contributed by atoms with Gasteiger partial charge < -0.3 is 5.32 Å². The van der Waals surface area contributed by atoms with Gasteiger partial charge >= 0.3 is 0 Å². The van der Waals surface area contributed by atoms with Gasteiger partial charge in [0, 0.05) is 19.1 Å². The van der Waals surface area contributed by atoms with Crippen molar-refractivity contribution < 1.29 is 4.79 Å². The van der Waals surface area contributed by atoms with E-state index in [1.54, 1.807) is 6.92 Å². The molecule has 1 unspecified atom stereocenters. The summed E-state index contributed by atoms with van der Waals surface area (Å²) < 4.78 is 0. The SMILES string of the molecule is CC(=O)C(C)NC1CC[N]CC1. The van der Waals surface area contributed by atoms with Crippen molar-refractivity contribution in [2.45, 2.75) is 38.8 Å². The van der Waals surface area contributed by atoms with E-state index in [1.807, 2.05) is 6.92 Å². The molecule has 1 rings (SSSR count). The number of rotatable bonds is 3. The van der Waals surface area contributed by atoms with E-state index in [0.29, 0.717) is 6.04 Å². The highest BCUT2D eigenvalue weighted by atomic mass is 16.1. The van der Waals surface area contributed by atoms with Gasteiger partial charge in [0.15, 0.2) is 0 Å². The third kappa shape index (κ3) is 2.91. The summed E-state index contributed by atoms with van der Waals surface area (Å²) in [5.41, 5.74) is 0. The van der Waals surface area contributed by atoms with Crippen LogP contribution in [0.2, 0.25) is 0 Å². The first-order valence-corrected chi connectivity index (χ1v) is 4.60. The van der Waals surface area contributed by atoms with Gasteiger partial charge in [0.25, 0.3) is 0 Å². The van der Waals surface area contributed by atoms with Crippen LogP contribution in [-0.2, 0) is 4.79 Å². The zero-order valence-electron chi connectivity index (χ0n) is 7.84. The minimum atomic E-state index is 0.00750. The van der Waals surface area contributed by atoms with Crippen LogP contribution in [-0.4, -0.2) is 31.0 Å². The molecule has 1 N–H and O–H groups in total. The molecule has 0 bridgehead atoms. The number of hydrogen-bond donors (Lipinski definition) is 1. The van der Waals surface area contributed by atoms with Crippen LogP contribution < -0.4 is 10.6 Å². The van der Waals surface area contributed by atoms with Crippen molar-refractivity contribution in [3.05, 3.63) is 0 Å². The van der Waals surface area contributed by atoms with Gasteiger partial charge in [-0.1, -0.05) is 0 Å².